The predicted molar refractivity (Wildman–Crippen MR) is 85.2 cm³/mol. The Morgan fingerprint density at radius 2 is 1.91 bits per heavy atom. The van der Waals surface area contributed by atoms with E-state index in [2.05, 4.69) is 17.5 Å². The minimum absolute atomic E-state index is 0.0806. The lowest BCUT2D eigenvalue weighted by molar-refractivity contribution is -0.141. The molecule has 1 aromatic rings. The summed E-state index contributed by atoms with van der Waals surface area (Å²) in [5.41, 5.74) is 0. The second kappa shape index (κ2) is 5.60. The molecular formula is C17H18N2O3S. The van der Waals surface area contributed by atoms with Crippen LogP contribution in [0.15, 0.2) is 29.7 Å². The van der Waals surface area contributed by atoms with Gasteiger partial charge in [-0.3, -0.25) is 19.3 Å². The van der Waals surface area contributed by atoms with Gasteiger partial charge < -0.3 is 5.32 Å². The SMILES string of the molecule is O=C(CCN1C(=O)[C@@H]2[C@H](C1=O)[C@H]1C=C[C@H]2C1)NCc1cccs1. The first-order valence-electron chi connectivity index (χ1n) is 7.98. The van der Waals surface area contributed by atoms with Gasteiger partial charge in [0, 0.05) is 17.8 Å². The Bertz CT molecular complexity index is 652. The highest BCUT2D eigenvalue weighted by atomic mass is 32.1. The van der Waals surface area contributed by atoms with Crippen LogP contribution >= 0.6 is 11.3 Å². The van der Waals surface area contributed by atoms with E-state index in [0.717, 1.165) is 11.3 Å². The van der Waals surface area contributed by atoms with Crippen molar-refractivity contribution in [1.29, 1.82) is 0 Å². The molecule has 2 aliphatic carbocycles. The van der Waals surface area contributed by atoms with Gasteiger partial charge in [-0.15, -0.1) is 11.3 Å². The third kappa shape index (κ3) is 2.41. The van der Waals surface area contributed by atoms with Crippen molar-refractivity contribution in [2.75, 3.05) is 6.54 Å². The van der Waals surface area contributed by atoms with Gasteiger partial charge in [0.1, 0.15) is 0 Å². The zero-order valence-corrected chi connectivity index (χ0v) is 13.4. The third-order valence-electron chi connectivity index (χ3n) is 5.16. The number of imide groups is 1. The number of carbonyl (C=O) groups excluding carboxylic acids is 3. The lowest BCUT2D eigenvalue weighted by Crippen LogP contribution is -2.36. The summed E-state index contributed by atoms with van der Waals surface area (Å²) in [6.07, 6.45) is 5.26. The van der Waals surface area contributed by atoms with E-state index in [9.17, 15) is 14.4 Å². The molecule has 120 valence electrons. The molecule has 1 aliphatic heterocycles. The van der Waals surface area contributed by atoms with E-state index in [1.165, 1.54) is 4.90 Å². The summed E-state index contributed by atoms with van der Waals surface area (Å²) in [5, 5.41) is 4.79. The largest absolute Gasteiger partial charge is 0.351 e. The van der Waals surface area contributed by atoms with Gasteiger partial charge in [0.25, 0.3) is 0 Å². The summed E-state index contributed by atoms with van der Waals surface area (Å²) < 4.78 is 0. The molecular weight excluding hydrogens is 312 g/mol. The van der Waals surface area contributed by atoms with Crippen LogP contribution in [0, 0.1) is 23.7 Å². The number of rotatable bonds is 5. The van der Waals surface area contributed by atoms with Crippen molar-refractivity contribution >= 4 is 29.1 Å². The van der Waals surface area contributed by atoms with Gasteiger partial charge in [0.2, 0.25) is 17.7 Å². The minimum atomic E-state index is -0.174. The molecule has 1 saturated heterocycles. The number of nitrogens with one attached hydrogen (secondary N) is 1. The average Bonchev–Trinajstić information content (AvgIpc) is 3.29. The molecule has 2 heterocycles. The van der Waals surface area contributed by atoms with E-state index in [4.69, 9.17) is 0 Å². The summed E-state index contributed by atoms with van der Waals surface area (Å²) in [4.78, 5) is 39.3. The monoisotopic (exact) mass is 330 g/mol. The summed E-state index contributed by atoms with van der Waals surface area (Å²) in [6, 6.07) is 3.90. The summed E-state index contributed by atoms with van der Waals surface area (Å²) in [5.74, 6) is -0.195. The topological polar surface area (TPSA) is 66.5 Å². The second-order valence-electron chi connectivity index (χ2n) is 6.43. The molecule has 4 atom stereocenters. The van der Waals surface area contributed by atoms with Crippen LogP contribution in [0.3, 0.4) is 0 Å². The van der Waals surface area contributed by atoms with Crippen molar-refractivity contribution in [3.05, 3.63) is 34.5 Å². The molecule has 0 unspecified atom stereocenters. The quantitative estimate of drug-likeness (QED) is 0.658. The number of hydrogen-bond donors (Lipinski definition) is 1. The van der Waals surface area contributed by atoms with E-state index in [1.54, 1.807) is 11.3 Å². The normalized spacial score (nSPS) is 31.0. The molecule has 3 aliphatic rings. The lowest BCUT2D eigenvalue weighted by atomic mass is 9.85. The Labute approximate surface area is 138 Å². The van der Waals surface area contributed by atoms with Crippen LogP contribution in [0.4, 0.5) is 0 Å². The molecule has 3 amide bonds. The molecule has 0 radical (unpaired) electrons. The van der Waals surface area contributed by atoms with Gasteiger partial charge in [-0.2, -0.15) is 0 Å². The molecule has 23 heavy (non-hydrogen) atoms. The molecule has 2 bridgehead atoms. The van der Waals surface area contributed by atoms with Gasteiger partial charge in [-0.25, -0.2) is 0 Å². The molecule has 4 rings (SSSR count). The number of hydrogen-bond acceptors (Lipinski definition) is 4. The first-order valence-corrected chi connectivity index (χ1v) is 8.86. The standard InChI is InChI=1S/C17H18N2O3S/c20-13(18-9-12-2-1-7-23-12)5-6-19-16(21)14-10-3-4-11(8-10)15(14)17(19)22/h1-4,7,10-11,14-15H,5-6,8-9H2,(H,18,20)/t10-,11-,14-,15+/m0/s1. The van der Waals surface area contributed by atoms with Crippen LogP contribution < -0.4 is 5.32 Å². The Kier molecular flexibility index (Phi) is 3.56. The smallest absolute Gasteiger partial charge is 0.233 e. The number of amides is 3. The van der Waals surface area contributed by atoms with Crippen molar-refractivity contribution in [3.8, 4) is 0 Å². The predicted octanol–water partition coefficient (Wildman–Crippen LogP) is 1.56. The maximum atomic E-state index is 12.5. The molecule has 2 fully saturated rings. The van der Waals surface area contributed by atoms with Crippen LogP contribution in [0.5, 0.6) is 0 Å². The fourth-order valence-electron chi connectivity index (χ4n) is 4.09. The van der Waals surface area contributed by atoms with Gasteiger partial charge in [-0.05, 0) is 29.7 Å². The lowest BCUT2D eigenvalue weighted by Gasteiger charge is -2.16. The number of fused-ring (bicyclic) bond motifs is 5. The zero-order valence-electron chi connectivity index (χ0n) is 12.6. The van der Waals surface area contributed by atoms with Crippen LogP contribution in [-0.4, -0.2) is 29.2 Å². The molecule has 0 aromatic carbocycles. The molecule has 1 aromatic heterocycles. The van der Waals surface area contributed by atoms with Gasteiger partial charge >= 0.3 is 0 Å². The second-order valence-corrected chi connectivity index (χ2v) is 7.47. The van der Waals surface area contributed by atoms with Gasteiger partial charge in [-0.1, -0.05) is 18.2 Å². The fraction of sp³-hybridized carbons (Fsp3) is 0.471. The number of allylic oxidation sites excluding steroid dienone is 2. The van der Waals surface area contributed by atoms with E-state index >= 15 is 0 Å². The average molecular weight is 330 g/mol. The molecule has 1 saturated carbocycles. The highest BCUT2D eigenvalue weighted by Gasteiger charge is 2.58. The maximum absolute atomic E-state index is 12.5. The van der Waals surface area contributed by atoms with Gasteiger partial charge in [0.15, 0.2) is 0 Å². The molecule has 6 heteroatoms. The van der Waals surface area contributed by atoms with Crippen molar-refractivity contribution < 1.29 is 14.4 Å². The van der Waals surface area contributed by atoms with E-state index < -0.39 is 0 Å². The van der Waals surface area contributed by atoms with Crippen LogP contribution in [0.1, 0.15) is 17.7 Å². The Morgan fingerprint density at radius 1 is 1.22 bits per heavy atom. The number of carbonyl (C=O) groups is 3. The van der Waals surface area contributed by atoms with Crippen molar-refractivity contribution in [1.82, 2.24) is 10.2 Å². The fourth-order valence-corrected chi connectivity index (χ4v) is 4.73. The zero-order chi connectivity index (χ0) is 16.0. The summed E-state index contributed by atoms with van der Waals surface area (Å²) in [6.45, 7) is 0.693. The molecule has 5 nitrogen and oxygen atoms in total. The van der Waals surface area contributed by atoms with Crippen LogP contribution in [-0.2, 0) is 20.9 Å². The van der Waals surface area contributed by atoms with Crippen LogP contribution in [0.2, 0.25) is 0 Å². The Hall–Kier alpha value is -1.95. The van der Waals surface area contributed by atoms with E-state index in [-0.39, 0.29) is 54.4 Å². The number of nitrogens with zero attached hydrogens (tertiary/aromatic N) is 1. The minimum Gasteiger partial charge on any atom is -0.351 e. The van der Waals surface area contributed by atoms with Gasteiger partial charge in [0.05, 0.1) is 18.4 Å². The number of likely N-dealkylation sites (tertiary alicyclic amines) is 1. The summed E-state index contributed by atoms with van der Waals surface area (Å²) >= 11 is 1.59. The van der Waals surface area contributed by atoms with Crippen LogP contribution in [0.25, 0.3) is 0 Å². The maximum Gasteiger partial charge on any atom is 0.233 e. The first kappa shape index (κ1) is 14.6. The van der Waals surface area contributed by atoms with Crippen molar-refractivity contribution in [2.45, 2.75) is 19.4 Å². The number of thiophene rings is 1. The van der Waals surface area contributed by atoms with E-state index in [0.29, 0.717) is 6.54 Å². The van der Waals surface area contributed by atoms with Crippen molar-refractivity contribution in [3.63, 3.8) is 0 Å². The third-order valence-corrected chi connectivity index (χ3v) is 6.04. The van der Waals surface area contributed by atoms with E-state index in [1.807, 2.05) is 17.5 Å². The first-order chi connectivity index (χ1) is 11.1. The summed E-state index contributed by atoms with van der Waals surface area (Å²) in [7, 11) is 0. The Morgan fingerprint density at radius 3 is 2.52 bits per heavy atom. The molecule has 0 spiro atoms. The van der Waals surface area contributed by atoms with Crippen molar-refractivity contribution in [2.24, 2.45) is 23.7 Å². The Balaban J connectivity index is 1.32. The highest BCUT2D eigenvalue weighted by molar-refractivity contribution is 7.09. The highest BCUT2D eigenvalue weighted by Crippen LogP contribution is 2.52. The molecule has 1 N–H and O–H groups in total.